The van der Waals surface area contributed by atoms with E-state index >= 15 is 0 Å². The largest absolute Gasteiger partial charge is 0.489 e. The molecule has 41 heavy (non-hydrogen) atoms. The van der Waals surface area contributed by atoms with Crippen molar-refractivity contribution in [3.8, 4) is 17.4 Å². The summed E-state index contributed by atoms with van der Waals surface area (Å²) in [5.41, 5.74) is -2.29. The molecule has 1 aliphatic carbocycles. The number of rotatable bonds is 10. The second kappa shape index (κ2) is 13.3. The number of carbonyl (C=O) groups is 2. The molecule has 2 aromatic heterocycles. The maximum absolute atomic E-state index is 14.0. The van der Waals surface area contributed by atoms with E-state index in [0.717, 1.165) is 50.3 Å². The van der Waals surface area contributed by atoms with Gasteiger partial charge in [0, 0.05) is 42.7 Å². The van der Waals surface area contributed by atoms with Crippen molar-refractivity contribution in [1.82, 2.24) is 15.3 Å². The zero-order valence-corrected chi connectivity index (χ0v) is 21.9. The van der Waals surface area contributed by atoms with Crippen molar-refractivity contribution in [2.24, 2.45) is 5.92 Å². The van der Waals surface area contributed by atoms with Crippen LogP contribution in [0.2, 0.25) is 0 Å². The van der Waals surface area contributed by atoms with E-state index in [1.165, 1.54) is 18.3 Å². The molecule has 1 saturated carbocycles. The second-order valence-corrected chi connectivity index (χ2v) is 9.49. The number of ether oxygens (including phenoxy) is 2. The van der Waals surface area contributed by atoms with Crippen molar-refractivity contribution >= 4 is 17.5 Å². The molecule has 0 atom stereocenters. The third-order valence-electron chi connectivity index (χ3n) is 6.42. The van der Waals surface area contributed by atoms with Crippen LogP contribution in [-0.2, 0) is 11.0 Å². The standard InChI is InChI=1S/C28H28F4N4O5/c29-19-7-8-22(23(14-19)40-12-4-10-34-25(38)17-5-2-1-3-6-17)41-27-21(13-18(16-35-27)28(30,31)32)26(39)36-20-9-11-33-24(37)15-20/h7-9,11,13-17H,1-6,10,12H2,(H,34,38)(H2,33,36,37,39). The molecule has 0 spiro atoms. The van der Waals surface area contributed by atoms with Gasteiger partial charge in [0.05, 0.1) is 12.2 Å². The molecule has 2 heterocycles. The molecule has 0 saturated heterocycles. The van der Waals surface area contributed by atoms with Crippen molar-refractivity contribution in [2.75, 3.05) is 18.5 Å². The summed E-state index contributed by atoms with van der Waals surface area (Å²) in [6, 6.07) is 6.20. The summed E-state index contributed by atoms with van der Waals surface area (Å²) in [6.45, 7) is 0.412. The molecule has 1 aliphatic rings. The minimum absolute atomic E-state index is 0.00114. The van der Waals surface area contributed by atoms with E-state index in [-0.39, 0.29) is 35.6 Å². The lowest BCUT2D eigenvalue weighted by Crippen LogP contribution is -2.33. The van der Waals surface area contributed by atoms with E-state index in [2.05, 4.69) is 20.6 Å². The Morgan fingerprint density at radius 2 is 1.83 bits per heavy atom. The molecule has 13 heteroatoms. The summed E-state index contributed by atoms with van der Waals surface area (Å²) in [7, 11) is 0. The van der Waals surface area contributed by atoms with Crippen LogP contribution in [0.15, 0.2) is 53.6 Å². The highest BCUT2D eigenvalue weighted by molar-refractivity contribution is 6.06. The maximum Gasteiger partial charge on any atom is 0.417 e. The number of anilines is 1. The fourth-order valence-electron chi connectivity index (χ4n) is 4.33. The first kappa shape index (κ1) is 29.6. The normalized spacial score (nSPS) is 13.9. The third kappa shape index (κ3) is 8.29. The number of halogens is 4. The number of pyridine rings is 2. The quantitative estimate of drug-likeness (QED) is 0.218. The predicted octanol–water partition coefficient (Wildman–Crippen LogP) is 5.44. The SMILES string of the molecule is O=C(Nc1cc[nH]c(=O)c1)c1cc(C(F)(F)F)cnc1Oc1ccc(F)cc1OCCCNC(=O)C1CCCCC1. The van der Waals surface area contributed by atoms with Gasteiger partial charge in [-0.25, -0.2) is 9.37 Å². The van der Waals surface area contributed by atoms with E-state index in [0.29, 0.717) is 25.2 Å². The number of aromatic nitrogens is 2. The molecule has 0 radical (unpaired) electrons. The van der Waals surface area contributed by atoms with Gasteiger partial charge < -0.3 is 25.1 Å². The molecule has 2 amide bonds. The Labute approximate surface area is 232 Å². The van der Waals surface area contributed by atoms with Gasteiger partial charge in [-0.3, -0.25) is 14.4 Å². The summed E-state index contributed by atoms with van der Waals surface area (Å²) < 4.78 is 65.5. The summed E-state index contributed by atoms with van der Waals surface area (Å²) in [4.78, 5) is 42.8. The van der Waals surface area contributed by atoms with Gasteiger partial charge in [0.25, 0.3) is 5.91 Å². The molecule has 0 bridgehead atoms. The molecule has 0 unspecified atom stereocenters. The summed E-state index contributed by atoms with van der Waals surface area (Å²) in [5.74, 6) is -2.36. The number of aromatic amines is 1. The fraction of sp³-hybridized carbons (Fsp3) is 0.357. The van der Waals surface area contributed by atoms with E-state index < -0.39 is 40.5 Å². The Kier molecular flexibility index (Phi) is 9.58. The van der Waals surface area contributed by atoms with Gasteiger partial charge in [-0.15, -0.1) is 0 Å². The highest BCUT2D eigenvalue weighted by Gasteiger charge is 2.33. The summed E-state index contributed by atoms with van der Waals surface area (Å²) >= 11 is 0. The van der Waals surface area contributed by atoms with Crippen LogP contribution in [0.1, 0.15) is 54.4 Å². The average molecular weight is 577 g/mol. The van der Waals surface area contributed by atoms with Crippen LogP contribution >= 0.6 is 0 Å². The van der Waals surface area contributed by atoms with Crippen molar-refractivity contribution in [1.29, 1.82) is 0 Å². The second-order valence-electron chi connectivity index (χ2n) is 9.49. The monoisotopic (exact) mass is 576 g/mol. The molecule has 1 aromatic carbocycles. The Morgan fingerprint density at radius 1 is 1.05 bits per heavy atom. The zero-order chi connectivity index (χ0) is 29.4. The molecule has 0 aliphatic heterocycles. The topological polar surface area (TPSA) is 122 Å². The molecule has 4 rings (SSSR count). The molecule has 9 nitrogen and oxygen atoms in total. The van der Waals surface area contributed by atoms with Crippen molar-refractivity contribution in [3.05, 3.63) is 76.1 Å². The highest BCUT2D eigenvalue weighted by Crippen LogP contribution is 2.36. The number of hydrogen-bond acceptors (Lipinski definition) is 6. The van der Waals surface area contributed by atoms with Gasteiger partial charge >= 0.3 is 6.18 Å². The first-order valence-electron chi connectivity index (χ1n) is 13.1. The van der Waals surface area contributed by atoms with Crippen LogP contribution in [0.5, 0.6) is 17.4 Å². The number of alkyl halides is 3. The molecule has 1 fully saturated rings. The minimum Gasteiger partial charge on any atom is -0.489 e. The maximum atomic E-state index is 14.0. The predicted molar refractivity (Wildman–Crippen MR) is 140 cm³/mol. The van der Waals surface area contributed by atoms with Crippen LogP contribution < -0.4 is 25.7 Å². The number of nitrogens with one attached hydrogen (secondary N) is 3. The lowest BCUT2D eigenvalue weighted by atomic mass is 9.89. The lowest BCUT2D eigenvalue weighted by molar-refractivity contribution is -0.137. The van der Waals surface area contributed by atoms with Gasteiger partial charge in [-0.05, 0) is 43.5 Å². The van der Waals surface area contributed by atoms with E-state index in [4.69, 9.17) is 9.47 Å². The number of carbonyl (C=O) groups excluding carboxylic acids is 2. The minimum atomic E-state index is -4.80. The Bertz CT molecular complexity index is 1440. The molecule has 218 valence electrons. The van der Waals surface area contributed by atoms with Gasteiger partial charge in [-0.1, -0.05) is 19.3 Å². The number of amides is 2. The molecular weight excluding hydrogens is 548 g/mol. The Morgan fingerprint density at radius 3 is 2.56 bits per heavy atom. The van der Waals surface area contributed by atoms with Gasteiger partial charge in [-0.2, -0.15) is 13.2 Å². The number of nitrogens with zero attached hydrogens (tertiary/aromatic N) is 1. The first-order valence-corrected chi connectivity index (χ1v) is 13.1. The fourth-order valence-corrected chi connectivity index (χ4v) is 4.33. The average Bonchev–Trinajstić information content (AvgIpc) is 2.94. The van der Waals surface area contributed by atoms with Gasteiger partial charge in [0.1, 0.15) is 11.4 Å². The molecular formula is C28H28F4N4O5. The van der Waals surface area contributed by atoms with Crippen LogP contribution in [0.4, 0.5) is 23.2 Å². The van der Waals surface area contributed by atoms with E-state index in [9.17, 15) is 31.9 Å². The van der Waals surface area contributed by atoms with E-state index in [1.54, 1.807) is 0 Å². The van der Waals surface area contributed by atoms with Gasteiger partial charge in [0.15, 0.2) is 11.5 Å². The first-order chi connectivity index (χ1) is 19.6. The van der Waals surface area contributed by atoms with Crippen molar-refractivity contribution in [2.45, 2.75) is 44.7 Å². The highest BCUT2D eigenvalue weighted by atomic mass is 19.4. The number of H-pyrrole nitrogens is 1. The van der Waals surface area contributed by atoms with E-state index in [1.807, 2.05) is 0 Å². The summed E-state index contributed by atoms with van der Waals surface area (Å²) in [6.07, 6.45) is 2.29. The third-order valence-corrected chi connectivity index (χ3v) is 6.42. The summed E-state index contributed by atoms with van der Waals surface area (Å²) in [5, 5.41) is 5.21. The van der Waals surface area contributed by atoms with Crippen LogP contribution in [-0.4, -0.2) is 34.9 Å². The van der Waals surface area contributed by atoms with Crippen LogP contribution in [0, 0.1) is 11.7 Å². The van der Waals surface area contributed by atoms with Crippen molar-refractivity contribution < 1.29 is 36.6 Å². The molecule has 3 N–H and O–H groups in total. The zero-order valence-electron chi connectivity index (χ0n) is 21.9. The lowest BCUT2D eigenvalue weighted by Gasteiger charge is -2.20. The van der Waals surface area contributed by atoms with Crippen molar-refractivity contribution in [3.63, 3.8) is 0 Å². The Balaban J connectivity index is 1.47. The number of benzene rings is 1. The van der Waals surface area contributed by atoms with Gasteiger partial charge in [0.2, 0.25) is 17.3 Å². The van der Waals surface area contributed by atoms with Crippen LogP contribution in [0.3, 0.4) is 0 Å². The Hall–Kier alpha value is -4.42. The molecule has 3 aromatic rings. The smallest absolute Gasteiger partial charge is 0.417 e. The number of hydrogen-bond donors (Lipinski definition) is 3. The van der Waals surface area contributed by atoms with Crippen LogP contribution in [0.25, 0.3) is 0 Å².